The zero-order valence-corrected chi connectivity index (χ0v) is 17.7. The van der Waals surface area contributed by atoms with Gasteiger partial charge in [-0.2, -0.15) is 13.2 Å². The number of imidazole rings is 1. The number of ether oxygens (including phenoxy) is 2. The second-order valence-electron chi connectivity index (χ2n) is 6.82. The predicted octanol–water partition coefficient (Wildman–Crippen LogP) is 5.93. The third kappa shape index (κ3) is 5.06. The van der Waals surface area contributed by atoms with E-state index in [4.69, 9.17) is 21.1 Å². The zero-order valence-electron chi connectivity index (χ0n) is 17.0. The molecule has 0 aliphatic carbocycles. The molecule has 0 unspecified atom stereocenters. The maximum Gasteiger partial charge on any atom is 0.417 e. The number of benzene rings is 1. The van der Waals surface area contributed by atoms with Gasteiger partial charge in [0.25, 0.3) is 0 Å². The van der Waals surface area contributed by atoms with Gasteiger partial charge in [0, 0.05) is 29.6 Å². The van der Waals surface area contributed by atoms with Crippen molar-refractivity contribution in [3.63, 3.8) is 0 Å². The normalized spacial score (nSPS) is 11.5. The molecule has 4 aromatic rings. The van der Waals surface area contributed by atoms with Gasteiger partial charge in [-0.05, 0) is 30.3 Å². The number of H-pyrrole nitrogens is 1. The van der Waals surface area contributed by atoms with Crippen LogP contribution in [-0.4, -0.2) is 27.0 Å². The summed E-state index contributed by atoms with van der Waals surface area (Å²) in [5, 5.41) is 0.370. The van der Waals surface area contributed by atoms with Crippen molar-refractivity contribution in [2.75, 3.05) is 7.11 Å². The molecule has 3 aromatic heterocycles. The quantitative estimate of drug-likeness (QED) is 0.274. The summed E-state index contributed by atoms with van der Waals surface area (Å²) in [6, 6.07) is 8.72. The van der Waals surface area contributed by atoms with E-state index in [2.05, 4.69) is 19.9 Å². The van der Waals surface area contributed by atoms with Gasteiger partial charge >= 0.3 is 6.18 Å². The van der Waals surface area contributed by atoms with Crippen molar-refractivity contribution in [2.24, 2.45) is 0 Å². The molecule has 0 saturated carbocycles. The molecule has 11 heteroatoms. The highest BCUT2D eigenvalue weighted by Gasteiger charge is 2.31. The van der Waals surface area contributed by atoms with Gasteiger partial charge in [0.05, 0.1) is 24.6 Å². The van der Waals surface area contributed by atoms with Gasteiger partial charge in [0.15, 0.2) is 0 Å². The number of alkyl halides is 3. The van der Waals surface area contributed by atoms with Crippen LogP contribution in [-0.2, 0) is 12.8 Å². The first-order valence-corrected chi connectivity index (χ1v) is 9.82. The Kier molecular flexibility index (Phi) is 6.19. The highest BCUT2D eigenvalue weighted by atomic mass is 35.5. The molecule has 1 aromatic carbocycles. The fraction of sp³-hybridized carbons (Fsp3) is 0.136. The first-order chi connectivity index (χ1) is 15.7. The van der Waals surface area contributed by atoms with Crippen LogP contribution in [0.1, 0.15) is 11.3 Å². The molecule has 0 atom stereocenters. The van der Waals surface area contributed by atoms with Gasteiger partial charge in [0.1, 0.15) is 40.6 Å². The van der Waals surface area contributed by atoms with E-state index in [1.807, 2.05) is 0 Å². The lowest BCUT2D eigenvalue weighted by molar-refractivity contribution is -0.138. The Hall–Kier alpha value is -3.66. The van der Waals surface area contributed by atoms with Crippen LogP contribution in [0.15, 0.2) is 55.0 Å². The third-order valence-corrected chi connectivity index (χ3v) is 4.88. The number of pyridine rings is 2. The van der Waals surface area contributed by atoms with E-state index in [-0.39, 0.29) is 12.3 Å². The molecule has 0 bridgehead atoms. The summed E-state index contributed by atoms with van der Waals surface area (Å²) in [6.07, 6.45) is -0.887. The number of hydrogen-bond acceptors (Lipinski definition) is 5. The highest BCUT2D eigenvalue weighted by Crippen LogP contribution is 2.34. The van der Waals surface area contributed by atoms with Gasteiger partial charge < -0.3 is 14.5 Å². The monoisotopic (exact) mass is 478 g/mol. The molecular weight excluding hydrogens is 464 g/mol. The fourth-order valence-corrected chi connectivity index (χ4v) is 3.10. The smallest absolute Gasteiger partial charge is 0.417 e. The maximum atomic E-state index is 14.0. The first kappa shape index (κ1) is 22.5. The molecule has 0 spiro atoms. The van der Waals surface area contributed by atoms with E-state index in [1.54, 1.807) is 42.7 Å². The molecule has 0 aliphatic rings. The van der Waals surface area contributed by atoms with E-state index in [1.165, 1.54) is 7.11 Å². The van der Waals surface area contributed by atoms with Gasteiger partial charge in [-0.1, -0.05) is 11.6 Å². The van der Waals surface area contributed by atoms with E-state index >= 15 is 0 Å². The van der Waals surface area contributed by atoms with Crippen molar-refractivity contribution in [3.05, 3.63) is 77.2 Å². The standard InChI is InChI=1S/C22H15ClF4N4O2/c1-32-19-7-14(33-11-18-16(24)6-13(9-28-18)22(25,26)27)3-4-15(19)17-10-30-21(31-17)12-2-5-20(23)29-8-12/h2-10H,11H2,1H3,(H,30,31). The average Bonchev–Trinajstić information content (AvgIpc) is 3.28. The number of halogens is 5. The number of aromatic amines is 1. The summed E-state index contributed by atoms with van der Waals surface area (Å²) < 4.78 is 62.9. The van der Waals surface area contributed by atoms with Gasteiger partial charge in [-0.15, -0.1) is 0 Å². The van der Waals surface area contributed by atoms with Crippen molar-refractivity contribution >= 4 is 11.6 Å². The van der Waals surface area contributed by atoms with Crippen molar-refractivity contribution in [3.8, 4) is 34.1 Å². The number of nitrogens with one attached hydrogen (secondary N) is 1. The van der Waals surface area contributed by atoms with Gasteiger partial charge in [0.2, 0.25) is 0 Å². The zero-order chi connectivity index (χ0) is 23.6. The summed E-state index contributed by atoms with van der Waals surface area (Å²) in [4.78, 5) is 15.1. The van der Waals surface area contributed by atoms with Crippen LogP contribution in [0.4, 0.5) is 17.6 Å². The van der Waals surface area contributed by atoms with Crippen LogP contribution in [0.5, 0.6) is 11.5 Å². The van der Waals surface area contributed by atoms with Crippen LogP contribution in [0.3, 0.4) is 0 Å². The van der Waals surface area contributed by atoms with E-state index < -0.39 is 17.6 Å². The summed E-state index contributed by atoms with van der Waals surface area (Å²) >= 11 is 5.81. The van der Waals surface area contributed by atoms with E-state index in [0.29, 0.717) is 46.0 Å². The largest absolute Gasteiger partial charge is 0.496 e. The molecule has 33 heavy (non-hydrogen) atoms. The van der Waals surface area contributed by atoms with Gasteiger partial charge in [-0.3, -0.25) is 4.98 Å². The maximum absolute atomic E-state index is 14.0. The first-order valence-electron chi connectivity index (χ1n) is 9.44. The van der Waals surface area contributed by atoms with Crippen molar-refractivity contribution in [1.82, 2.24) is 19.9 Å². The van der Waals surface area contributed by atoms with Crippen molar-refractivity contribution in [1.29, 1.82) is 0 Å². The van der Waals surface area contributed by atoms with Gasteiger partial charge in [-0.25, -0.2) is 14.4 Å². The lowest BCUT2D eigenvalue weighted by atomic mass is 10.1. The molecular formula is C22H15ClF4N4O2. The molecule has 0 amide bonds. The molecule has 0 aliphatic heterocycles. The Morgan fingerprint density at radius 2 is 1.82 bits per heavy atom. The van der Waals surface area contributed by atoms with Crippen LogP contribution >= 0.6 is 11.6 Å². The summed E-state index contributed by atoms with van der Waals surface area (Å²) in [7, 11) is 1.47. The van der Waals surface area contributed by atoms with Crippen molar-refractivity contribution < 1.29 is 27.0 Å². The number of aromatic nitrogens is 4. The molecule has 1 N–H and O–H groups in total. The summed E-state index contributed by atoms with van der Waals surface area (Å²) in [5.41, 5.74) is 0.683. The van der Waals surface area contributed by atoms with E-state index in [0.717, 1.165) is 5.56 Å². The number of methoxy groups -OCH3 is 1. The second-order valence-corrected chi connectivity index (χ2v) is 7.20. The number of nitrogens with zero attached hydrogens (tertiary/aromatic N) is 3. The molecule has 0 saturated heterocycles. The van der Waals surface area contributed by atoms with Crippen molar-refractivity contribution in [2.45, 2.75) is 12.8 Å². The minimum absolute atomic E-state index is 0.249. The Labute approximate surface area is 190 Å². The van der Waals surface area contributed by atoms with Crippen LogP contribution in [0, 0.1) is 5.82 Å². The van der Waals surface area contributed by atoms with E-state index in [9.17, 15) is 17.6 Å². The second kappa shape index (κ2) is 9.07. The Morgan fingerprint density at radius 3 is 2.48 bits per heavy atom. The topological polar surface area (TPSA) is 72.9 Å². The Balaban J connectivity index is 1.51. The molecule has 0 radical (unpaired) electrons. The molecule has 6 nitrogen and oxygen atoms in total. The minimum Gasteiger partial charge on any atom is -0.496 e. The molecule has 170 valence electrons. The summed E-state index contributed by atoms with van der Waals surface area (Å²) in [6.45, 7) is -0.357. The minimum atomic E-state index is -4.67. The SMILES string of the molecule is COc1cc(OCc2ncc(C(F)(F)F)cc2F)ccc1-c1cnc(-c2ccc(Cl)nc2)[nH]1. The fourth-order valence-electron chi connectivity index (χ4n) is 2.98. The predicted molar refractivity (Wildman–Crippen MR) is 112 cm³/mol. The Morgan fingerprint density at radius 1 is 1.00 bits per heavy atom. The molecule has 4 rings (SSSR count). The van der Waals surface area contributed by atoms with Crippen LogP contribution in [0.25, 0.3) is 22.6 Å². The van der Waals surface area contributed by atoms with Crippen LogP contribution < -0.4 is 9.47 Å². The lowest BCUT2D eigenvalue weighted by Crippen LogP contribution is -2.09. The molecule has 3 heterocycles. The molecule has 0 fully saturated rings. The number of rotatable bonds is 6. The van der Waals surface area contributed by atoms with Crippen LogP contribution in [0.2, 0.25) is 5.15 Å². The number of hydrogen-bond donors (Lipinski definition) is 1. The Bertz CT molecular complexity index is 1280. The average molecular weight is 479 g/mol. The third-order valence-electron chi connectivity index (χ3n) is 4.66. The summed E-state index contributed by atoms with van der Waals surface area (Å²) in [5.74, 6) is 0.242. The lowest BCUT2D eigenvalue weighted by Gasteiger charge is -2.12. The highest BCUT2D eigenvalue weighted by molar-refractivity contribution is 6.29.